The van der Waals surface area contributed by atoms with Crippen molar-refractivity contribution in [1.82, 2.24) is 0 Å². The summed E-state index contributed by atoms with van der Waals surface area (Å²) in [6, 6.07) is 80.9. The standard InChI is InChI=1S/C66H56/c1-5-21-51(22-6-1)37-41-55-29-13-17-33-59(55)63-45-64(60-34-18-14-30-56(60)42-38-52-23-7-2-8-24-52)48-65(46-63,61-35-19-15-31-57(61)43-39-53-25-9-3-10-26-53)50-66(47-63,49-64)62-36-20-16-32-58(62)44-40-54-27-11-4-12-28-54/h1-44H,45-50H2. The lowest BCUT2D eigenvalue weighted by molar-refractivity contribution is -0.0694. The maximum absolute atomic E-state index is 2.50. The smallest absolute Gasteiger partial charge is 0.00156 e. The van der Waals surface area contributed by atoms with E-state index < -0.39 is 0 Å². The number of benzene rings is 8. The molecule has 0 spiro atoms. The first kappa shape index (κ1) is 41.4. The molecular formula is C66H56. The third-order valence-electron chi connectivity index (χ3n) is 15.2. The third kappa shape index (κ3) is 7.96. The van der Waals surface area contributed by atoms with Gasteiger partial charge in [-0.05, 0) is 127 Å². The van der Waals surface area contributed by atoms with Gasteiger partial charge in [0.1, 0.15) is 0 Å². The minimum Gasteiger partial charge on any atom is -0.0622 e. The van der Waals surface area contributed by atoms with Crippen LogP contribution in [0, 0.1) is 0 Å². The summed E-state index contributed by atoms with van der Waals surface area (Å²) in [5, 5.41) is 0. The van der Waals surface area contributed by atoms with E-state index >= 15 is 0 Å². The van der Waals surface area contributed by atoms with Gasteiger partial charge in [-0.15, -0.1) is 0 Å². The Kier molecular flexibility index (Phi) is 11.0. The van der Waals surface area contributed by atoms with Crippen LogP contribution in [0.5, 0.6) is 0 Å². The molecule has 8 aromatic rings. The Balaban J connectivity index is 1.17. The van der Waals surface area contributed by atoms with E-state index in [4.69, 9.17) is 0 Å². The highest BCUT2D eigenvalue weighted by atomic mass is 14.7. The molecule has 4 aliphatic carbocycles. The lowest BCUT2D eigenvalue weighted by Gasteiger charge is -2.72. The van der Waals surface area contributed by atoms with E-state index in [1.807, 2.05) is 0 Å². The van der Waals surface area contributed by atoms with Gasteiger partial charge in [0.05, 0.1) is 0 Å². The summed E-state index contributed by atoms with van der Waals surface area (Å²) < 4.78 is 0. The van der Waals surface area contributed by atoms with Crippen LogP contribution in [0.15, 0.2) is 218 Å². The van der Waals surface area contributed by atoms with Crippen LogP contribution >= 0.6 is 0 Å². The Morgan fingerprint density at radius 1 is 0.197 bits per heavy atom. The van der Waals surface area contributed by atoms with Crippen LogP contribution in [-0.2, 0) is 21.7 Å². The highest BCUT2D eigenvalue weighted by molar-refractivity contribution is 5.77. The van der Waals surface area contributed by atoms with E-state index in [1.165, 1.54) is 66.8 Å². The summed E-state index contributed by atoms with van der Waals surface area (Å²) in [5.41, 5.74) is 15.6. The maximum atomic E-state index is 2.50. The molecule has 0 aliphatic heterocycles. The van der Waals surface area contributed by atoms with Crippen molar-refractivity contribution in [2.45, 2.75) is 60.2 Å². The van der Waals surface area contributed by atoms with Crippen molar-refractivity contribution in [3.8, 4) is 0 Å². The van der Waals surface area contributed by atoms with Crippen LogP contribution in [0.1, 0.15) is 105 Å². The average Bonchev–Trinajstić information content (AvgIpc) is 3.37. The van der Waals surface area contributed by atoms with Crippen molar-refractivity contribution in [2.24, 2.45) is 0 Å². The quantitative estimate of drug-likeness (QED) is 0.107. The molecule has 4 aliphatic rings. The van der Waals surface area contributed by atoms with Crippen LogP contribution in [0.3, 0.4) is 0 Å². The van der Waals surface area contributed by atoms with Gasteiger partial charge in [-0.3, -0.25) is 0 Å². The summed E-state index contributed by atoms with van der Waals surface area (Å²) in [7, 11) is 0. The van der Waals surface area contributed by atoms with Crippen LogP contribution in [0.4, 0.5) is 0 Å². The molecule has 4 bridgehead atoms. The largest absolute Gasteiger partial charge is 0.0622 e. The van der Waals surface area contributed by atoms with E-state index in [0.29, 0.717) is 0 Å². The topological polar surface area (TPSA) is 0 Å². The first-order valence-electron chi connectivity index (χ1n) is 23.8. The molecule has 0 radical (unpaired) electrons. The van der Waals surface area contributed by atoms with Gasteiger partial charge in [0.2, 0.25) is 0 Å². The number of rotatable bonds is 12. The third-order valence-corrected chi connectivity index (χ3v) is 15.2. The molecule has 0 N–H and O–H groups in total. The van der Waals surface area contributed by atoms with E-state index in [1.54, 1.807) is 0 Å². The predicted molar refractivity (Wildman–Crippen MR) is 282 cm³/mol. The van der Waals surface area contributed by atoms with Gasteiger partial charge in [-0.1, -0.05) is 267 Å². The van der Waals surface area contributed by atoms with Gasteiger partial charge in [-0.2, -0.15) is 0 Å². The molecule has 4 fully saturated rings. The van der Waals surface area contributed by atoms with Crippen LogP contribution in [0.2, 0.25) is 0 Å². The Morgan fingerprint density at radius 3 is 0.591 bits per heavy atom. The fourth-order valence-corrected chi connectivity index (χ4v) is 13.3. The second kappa shape index (κ2) is 17.6. The molecule has 320 valence electrons. The fourth-order valence-electron chi connectivity index (χ4n) is 13.3. The molecule has 0 heteroatoms. The Labute approximate surface area is 392 Å². The van der Waals surface area contributed by atoms with Gasteiger partial charge < -0.3 is 0 Å². The fraction of sp³-hybridized carbons (Fsp3) is 0.152. The van der Waals surface area contributed by atoms with E-state index in [2.05, 4.69) is 267 Å². The second-order valence-corrected chi connectivity index (χ2v) is 19.5. The zero-order valence-corrected chi connectivity index (χ0v) is 37.6. The van der Waals surface area contributed by atoms with Crippen molar-refractivity contribution >= 4 is 48.6 Å². The predicted octanol–water partition coefficient (Wildman–Crippen LogP) is 16.8. The second-order valence-electron chi connectivity index (χ2n) is 19.5. The molecule has 66 heavy (non-hydrogen) atoms. The Hall–Kier alpha value is -7.28. The van der Waals surface area contributed by atoms with Crippen LogP contribution < -0.4 is 0 Å². The number of hydrogen-bond donors (Lipinski definition) is 0. The molecule has 4 saturated carbocycles. The first-order valence-corrected chi connectivity index (χ1v) is 23.8. The van der Waals surface area contributed by atoms with Crippen LogP contribution in [0.25, 0.3) is 48.6 Å². The van der Waals surface area contributed by atoms with Gasteiger partial charge in [0, 0.05) is 0 Å². The zero-order chi connectivity index (χ0) is 44.3. The van der Waals surface area contributed by atoms with Gasteiger partial charge in [0.25, 0.3) is 0 Å². The lowest BCUT2D eigenvalue weighted by atomic mass is 9.31. The van der Waals surface area contributed by atoms with Crippen molar-refractivity contribution in [1.29, 1.82) is 0 Å². The van der Waals surface area contributed by atoms with Crippen molar-refractivity contribution in [3.05, 3.63) is 285 Å². The summed E-state index contributed by atoms with van der Waals surface area (Å²) in [4.78, 5) is 0. The van der Waals surface area contributed by atoms with E-state index in [0.717, 1.165) is 38.5 Å². The summed E-state index contributed by atoms with van der Waals surface area (Å²) in [5.74, 6) is 0. The van der Waals surface area contributed by atoms with Gasteiger partial charge >= 0.3 is 0 Å². The summed E-state index contributed by atoms with van der Waals surface area (Å²) in [6.07, 6.45) is 25.5. The maximum Gasteiger partial charge on any atom is -0.00156 e. The summed E-state index contributed by atoms with van der Waals surface area (Å²) in [6.45, 7) is 0. The minimum absolute atomic E-state index is 0.130. The van der Waals surface area contributed by atoms with Crippen molar-refractivity contribution in [3.63, 3.8) is 0 Å². The van der Waals surface area contributed by atoms with Crippen LogP contribution in [-0.4, -0.2) is 0 Å². The van der Waals surface area contributed by atoms with Crippen molar-refractivity contribution < 1.29 is 0 Å². The molecule has 12 rings (SSSR count). The molecule has 0 unspecified atom stereocenters. The molecule has 0 amide bonds. The van der Waals surface area contributed by atoms with Crippen molar-refractivity contribution in [2.75, 3.05) is 0 Å². The highest BCUT2D eigenvalue weighted by Gasteiger charge is 2.70. The molecular weight excluding hydrogens is 793 g/mol. The minimum atomic E-state index is -0.130. The summed E-state index contributed by atoms with van der Waals surface area (Å²) >= 11 is 0. The number of hydrogen-bond acceptors (Lipinski definition) is 0. The normalized spacial score (nSPS) is 23.4. The molecule has 0 nitrogen and oxygen atoms in total. The molecule has 8 aromatic carbocycles. The lowest BCUT2D eigenvalue weighted by Crippen LogP contribution is -2.67. The molecule has 0 aromatic heterocycles. The van der Waals surface area contributed by atoms with E-state index in [-0.39, 0.29) is 21.7 Å². The average molecular weight is 849 g/mol. The Bertz CT molecular complexity index is 2620. The van der Waals surface area contributed by atoms with Gasteiger partial charge in [-0.25, -0.2) is 0 Å². The molecule has 0 saturated heterocycles. The monoisotopic (exact) mass is 848 g/mol. The van der Waals surface area contributed by atoms with E-state index in [9.17, 15) is 0 Å². The SMILES string of the molecule is C(=Cc1ccccc1C12CC3(c4ccccc4C=Cc4ccccc4)CC(c4ccccc4C=Cc4ccccc4)(C1)CC(c1ccccc1C=Cc1ccccc1)(C2)C3)c1ccccc1. The van der Waals surface area contributed by atoms with Gasteiger partial charge in [0.15, 0.2) is 0 Å². The first-order chi connectivity index (χ1) is 32.5. The molecule has 0 atom stereocenters. The highest BCUT2D eigenvalue weighted by Crippen LogP contribution is 2.75. The Morgan fingerprint density at radius 2 is 0.379 bits per heavy atom. The zero-order valence-electron chi connectivity index (χ0n) is 37.6. The molecule has 0 heterocycles.